The maximum Gasteiger partial charge on any atom is 0.211 e. The van der Waals surface area contributed by atoms with Crippen LogP contribution in [0.1, 0.15) is 33.1 Å². The molecule has 21 heavy (non-hydrogen) atoms. The van der Waals surface area contributed by atoms with Crippen molar-refractivity contribution in [3.8, 4) is 5.75 Å². The number of ether oxygens (including phenoxy) is 1. The quantitative estimate of drug-likeness (QED) is 0.838. The van der Waals surface area contributed by atoms with E-state index < -0.39 is 0 Å². The molecule has 4 heteroatoms. The molecule has 0 unspecified atom stereocenters. The molecule has 3 rings (SSSR count). The highest BCUT2D eigenvalue weighted by Gasteiger charge is 2.27. The lowest BCUT2D eigenvalue weighted by Gasteiger charge is -2.40. The number of rotatable bonds is 2. The molecule has 3 nitrogen and oxygen atoms in total. The SMILES string of the molecule is COc1ccc2scc(N3[C@@H](C)CCC[C@@H]3C)c(=O)c2c1. The highest BCUT2D eigenvalue weighted by atomic mass is 32.1. The molecule has 0 bridgehead atoms. The van der Waals surface area contributed by atoms with Gasteiger partial charge in [-0.25, -0.2) is 0 Å². The summed E-state index contributed by atoms with van der Waals surface area (Å²) in [5.74, 6) is 0.740. The van der Waals surface area contributed by atoms with Gasteiger partial charge in [0.1, 0.15) is 5.75 Å². The van der Waals surface area contributed by atoms with Crippen molar-refractivity contribution in [1.29, 1.82) is 0 Å². The van der Waals surface area contributed by atoms with Crippen molar-refractivity contribution >= 4 is 27.1 Å². The molecule has 0 radical (unpaired) electrons. The van der Waals surface area contributed by atoms with Crippen molar-refractivity contribution < 1.29 is 4.74 Å². The Bertz CT molecular complexity index is 699. The van der Waals surface area contributed by atoms with E-state index in [1.54, 1.807) is 18.4 Å². The second-order valence-corrected chi connectivity index (χ2v) is 6.76. The normalized spacial score (nSPS) is 22.5. The number of hydrogen-bond donors (Lipinski definition) is 0. The summed E-state index contributed by atoms with van der Waals surface area (Å²) in [6.45, 7) is 4.44. The second kappa shape index (κ2) is 5.68. The number of benzene rings is 1. The van der Waals surface area contributed by atoms with Crippen LogP contribution in [-0.4, -0.2) is 19.2 Å². The average molecular weight is 303 g/mol. The summed E-state index contributed by atoms with van der Waals surface area (Å²) in [5.41, 5.74) is 0.976. The largest absolute Gasteiger partial charge is 0.497 e. The zero-order valence-corrected chi connectivity index (χ0v) is 13.6. The molecule has 0 saturated carbocycles. The smallest absolute Gasteiger partial charge is 0.211 e. The van der Waals surface area contributed by atoms with Gasteiger partial charge in [0.15, 0.2) is 0 Å². The van der Waals surface area contributed by atoms with Gasteiger partial charge in [-0.2, -0.15) is 0 Å². The summed E-state index contributed by atoms with van der Waals surface area (Å²) < 4.78 is 6.27. The van der Waals surface area contributed by atoms with Gasteiger partial charge in [-0.05, 0) is 51.3 Å². The molecule has 1 aromatic carbocycles. The Balaban J connectivity index is 2.14. The molecule has 1 fully saturated rings. The van der Waals surface area contributed by atoms with Crippen LogP contribution in [0, 0.1) is 0 Å². The fourth-order valence-corrected chi connectivity index (χ4v) is 4.19. The third-order valence-electron chi connectivity index (χ3n) is 4.43. The van der Waals surface area contributed by atoms with Crippen LogP contribution in [0.15, 0.2) is 28.4 Å². The summed E-state index contributed by atoms with van der Waals surface area (Å²) in [7, 11) is 1.63. The van der Waals surface area contributed by atoms with Gasteiger partial charge in [-0.15, -0.1) is 11.3 Å². The molecule has 2 atom stereocenters. The Morgan fingerprint density at radius 2 is 1.95 bits per heavy atom. The molecule has 1 aliphatic rings. The average Bonchev–Trinajstić information content (AvgIpc) is 2.49. The van der Waals surface area contributed by atoms with E-state index in [1.807, 2.05) is 23.6 Å². The maximum atomic E-state index is 12.9. The van der Waals surface area contributed by atoms with E-state index in [1.165, 1.54) is 6.42 Å². The fraction of sp³-hybridized carbons (Fsp3) is 0.471. The Kier molecular flexibility index (Phi) is 3.89. The van der Waals surface area contributed by atoms with Crippen molar-refractivity contribution in [1.82, 2.24) is 0 Å². The van der Waals surface area contributed by atoms with Gasteiger partial charge in [0.25, 0.3) is 0 Å². The van der Waals surface area contributed by atoms with Crippen molar-refractivity contribution in [2.45, 2.75) is 45.2 Å². The minimum absolute atomic E-state index is 0.128. The van der Waals surface area contributed by atoms with Crippen LogP contribution in [0.25, 0.3) is 10.1 Å². The van der Waals surface area contributed by atoms with Gasteiger partial charge >= 0.3 is 0 Å². The number of nitrogens with zero attached hydrogens (tertiary/aromatic N) is 1. The summed E-state index contributed by atoms with van der Waals surface area (Å²) in [6.07, 6.45) is 3.56. The Morgan fingerprint density at radius 3 is 2.62 bits per heavy atom. The minimum atomic E-state index is 0.128. The van der Waals surface area contributed by atoms with Gasteiger partial charge in [-0.3, -0.25) is 4.79 Å². The first-order valence-electron chi connectivity index (χ1n) is 7.49. The molecule has 1 aromatic heterocycles. The van der Waals surface area contributed by atoms with Crippen molar-refractivity contribution in [2.75, 3.05) is 12.0 Å². The minimum Gasteiger partial charge on any atom is -0.497 e. The van der Waals surface area contributed by atoms with Crippen molar-refractivity contribution in [3.63, 3.8) is 0 Å². The number of methoxy groups -OCH3 is 1. The molecule has 0 N–H and O–H groups in total. The summed E-state index contributed by atoms with van der Waals surface area (Å²) >= 11 is 1.64. The van der Waals surface area contributed by atoms with Crippen LogP contribution in [0.3, 0.4) is 0 Å². The van der Waals surface area contributed by atoms with E-state index in [0.717, 1.165) is 34.4 Å². The fourth-order valence-electron chi connectivity index (χ4n) is 3.30. The zero-order valence-electron chi connectivity index (χ0n) is 12.8. The van der Waals surface area contributed by atoms with Crippen LogP contribution in [0.4, 0.5) is 5.69 Å². The molecule has 0 aliphatic carbocycles. The van der Waals surface area contributed by atoms with Crippen LogP contribution < -0.4 is 15.1 Å². The van der Waals surface area contributed by atoms with Gasteiger partial charge in [-0.1, -0.05) is 0 Å². The summed E-state index contributed by atoms with van der Waals surface area (Å²) in [4.78, 5) is 15.2. The molecule has 2 aromatic rings. The lowest BCUT2D eigenvalue weighted by atomic mass is 9.97. The van der Waals surface area contributed by atoms with Crippen LogP contribution in [-0.2, 0) is 0 Å². The van der Waals surface area contributed by atoms with Crippen molar-refractivity contribution in [2.24, 2.45) is 0 Å². The monoisotopic (exact) mass is 303 g/mol. The molecular weight excluding hydrogens is 282 g/mol. The topological polar surface area (TPSA) is 29.5 Å². The highest BCUT2D eigenvalue weighted by Crippen LogP contribution is 2.30. The van der Waals surface area contributed by atoms with E-state index in [0.29, 0.717) is 12.1 Å². The predicted octanol–water partition coefficient (Wildman–Crippen LogP) is 4.04. The number of anilines is 1. The lowest BCUT2D eigenvalue weighted by Crippen LogP contribution is -2.45. The van der Waals surface area contributed by atoms with E-state index in [2.05, 4.69) is 18.7 Å². The van der Waals surface area contributed by atoms with Gasteiger partial charge in [0, 0.05) is 27.5 Å². The van der Waals surface area contributed by atoms with E-state index in [4.69, 9.17) is 4.74 Å². The van der Waals surface area contributed by atoms with Gasteiger partial charge in [0.2, 0.25) is 5.43 Å². The van der Waals surface area contributed by atoms with Gasteiger partial charge < -0.3 is 9.64 Å². The van der Waals surface area contributed by atoms with E-state index >= 15 is 0 Å². The highest BCUT2D eigenvalue weighted by molar-refractivity contribution is 7.16. The summed E-state index contributed by atoms with van der Waals surface area (Å²) in [5, 5.41) is 2.79. The molecule has 112 valence electrons. The Hall–Kier alpha value is -1.55. The van der Waals surface area contributed by atoms with Crippen LogP contribution >= 0.6 is 11.3 Å². The first kappa shape index (κ1) is 14.4. The zero-order chi connectivity index (χ0) is 15.0. The van der Waals surface area contributed by atoms with Crippen LogP contribution in [0.5, 0.6) is 5.75 Å². The lowest BCUT2D eigenvalue weighted by molar-refractivity contribution is 0.414. The van der Waals surface area contributed by atoms with E-state index in [9.17, 15) is 4.79 Å². The van der Waals surface area contributed by atoms with Crippen molar-refractivity contribution in [3.05, 3.63) is 33.8 Å². The van der Waals surface area contributed by atoms with E-state index in [-0.39, 0.29) is 5.43 Å². The second-order valence-electron chi connectivity index (χ2n) is 5.85. The first-order valence-corrected chi connectivity index (χ1v) is 8.37. The Morgan fingerprint density at radius 1 is 1.24 bits per heavy atom. The first-order chi connectivity index (χ1) is 10.1. The maximum absolute atomic E-state index is 12.9. The van der Waals surface area contributed by atoms with Gasteiger partial charge in [0.05, 0.1) is 12.8 Å². The Labute approximate surface area is 129 Å². The molecule has 1 aliphatic heterocycles. The molecule has 2 heterocycles. The standard InChI is InChI=1S/C17H21NO2S/c1-11-5-4-6-12(2)18(11)15-10-21-16-8-7-13(20-3)9-14(16)17(15)19/h7-12H,4-6H2,1-3H3/t11-,12-/m0/s1. The predicted molar refractivity (Wildman–Crippen MR) is 89.9 cm³/mol. The third kappa shape index (κ3) is 2.53. The number of piperidine rings is 1. The molecule has 0 amide bonds. The summed E-state index contributed by atoms with van der Waals surface area (Å²) in [6, 6.07) is 6.59. The molecular formula is C17H21NO2S. The number of fused-ring (bicyclic) bond motifs is 1. The number of hydrogen-bond acceptors (Lipinski definition) is 4. The van der Waals surface area contributed by atoms with Crippen LogP contribution in [0.2, 0.25) is 0 Å². The molecule has 1 saturated heterocycles. The molecule has 0 spiro atoms. The third-order valence-corrected chi connectivity index (χ3v) is 5.38.